The Morgan fingerprint density at radius 1 is 1.02 bits per heavy atom. The van der Waals surface area contributed by atoms with Gasteiger partial charge in [-0.25, -0.2) is 4.84 Å². The lowest BCUT2D eigenvalue weighted by molar-refractivity contribution is -0.450. The number of aliphatic hydroxyl groups excluding tert-OH is 1. The first-order chi connectivity index (χ1) is 19.3. The predicted octanol–water partition coefficient (Wildman–Crippen LogP) is 7.29. The summed E-state index contributed by atoms with van der Waals surface area (Å²) in [5.74, 6) is 0.366. The average Bonchev–Trinajstić information content (AvgIpc) is 3.47. The molecule has 1 aliphatic carbocycles. The second-order valence-electron chi connectivity index (χ2n) is 15.1. The van der Waals surface area contributed by atoms with Crippen LogP contribution in [0.15, 0.2) is 30.3 Å². The van der Waals surface area contributed by atoms with Crippen LogP contribution in [0.3, 0.4) is 0 Å². The first kappa shape index (κ1) is 31.8. The molecule has 3 heterocycles. The van der Waals surface area contributed by atoms with E-state index in [1.807, 2.05) is 0 Å². The smallest absolute Gasteiger partial charge is 0.205 e. The Morgan fingerprint density at radius 3 is 2.32 bits per heavy atom. The molecule has 4 fully saturated rings. The minimum Gasteiger partial charge on any atom is -0.414 e. The lowest BCUT2D eigenvalue weighted by Gasteiger charge is -2.43. The monoisotopic (exact) mass is 605 g/mol. The third-order valence-corrected chi connectivity index (χ3v) is 21.5. The number of hydroxylamine groups is 2. The molecule has 8 atom stereocenters. The van der Waals surface area contributed by atoms with Gasteiger partial charge in [-0.1, -0.05) is 96.9 Å². The fourth-order valence-corrected chi connectivity index (χ4v) is 14.8. The zero-order chi connectivity index (χ0) is 29.7. The molecule has 1 N–H and O–H groups in total. The molecule has 5 rings (SSSR count). The molecule has 3 aliphatic heterocycles. The van der Waals surface area contributed by atoms with Crippen LogP contribution in [-0.2, 0) is 23.3 Å². The van der Waals surface area contributed by atoms with Gasteiger partial charge in [0.25, 0.3) is 0 Å². The van der Waals surface area contributed by atoms with Gasteiger partial charge < -0.3 is 18.7 Å². The molecule has 232 valence electrons. The third-order valence-electron chi connectivity index (χ3n) is 11.0. The molecule has 4 aliphatic rings. The van der Waals surface area contributed by atoms with Crippen molar-refractivity contribution in [3.05, 3.63) is 35.9 Å². The van der Waals surface area contributed by atoms with Gasteiger partial charge in [-0.15, -0.1) is 0 Å². The van der Waals surface area contributed by atoms with Crippen LogP contribution in [0.5, 0.6) is 0 Å². The van der Waals surface area contributed by atoms with Crippen molar-refractivity contribution in [1.29, 1.82) is 0 Å². The minimum absolute atomic E-state index is 0.0323. The molecule has 0 aromatic heterocycles. The Kier molecular flexibility index (Phi) is 9.34. The van der Waals surface area contributed by atoms with Crippen LogP contribution in [0, 0.1) is 0 Å². The van der Waals surface area contributed by atoms with Crippen LogP contribution in [0.1, 0.15) is 92.1 Å². The maximum Gasteiger partial charge on any atom is 0.205 e. The van der Waals surface area contributed by atoms with Gasteiger partial charge in [0.05, 0.1) is 24.9 Å². The maximum absolute atomic E-state index is 11.7. The molecule has 0 bridgehead atoms. The lowest BCUT2D eigenvalue weighted by atomic mass is 9.81. The van der Waals surface area contributed by atoms with Crippen LogP contribution in [0.4, 0.5) is 0 Å². The Labute approximate surface area is 250 Å². The maximum atomic E-state index is 11.7. The molecule has 0 radical (unpaired) electrons. The standard InChI is InChI=1S/C32H55NO6Si2/c1-21(2)41(22(3)4)31-29-27(39-41)19-28(36-26-18-14-13-17-24(26)23-15-11-10-12-16-23)37-33(29)38-30(31)25(34)20-35-40(8,9)32(5,6)7/h10-12,15-16,21-22,24-31,34H,13-14,17-20H2,1-9H3/t24-,25+,26+,27+,28-,29-,30-,31+/m1/s1. The normalized spacial score (nSPS) is 34.8. The highest BCUT2D eigenvalue weighted by atomic mass is 28.4. The zero-order valence-electron chi connectivity index (χ0n) is 26.8. The molecule has 0 spiro atoms. The van der Waals surface area contributed by atoms with E-state index in [0.29, 0.717) is 23.4 Å². The first-order valence-electron chi connectivity index (χ1n) is 16.1. The highest BCUT2D eigenvalue weighted by Gasteiger charge is 2.71. The lowest BCUT2D eigenvalue weighted by Crippen LogP contribution is -2.53. The Hall–Kier alpha value is -0.626. The SMILES string of the molecule is CC(C)[Si]1(C(C)C)O[C@H]2C[C@H](O[C@H]3CCCC[C@@H]3c3ccccc3)ON3O[C@H]([C@@H](O)CO[Si](C)(C)C(C)(C)C)[C@@H]1[C@@H]23. The summed E-state index contributed by atoms with van der Waals surface area (Å²) in [7, 11) is -4.42. The molecule has 1 aromatic rings. The van der Waals surface area contributed by atoms with Crippen LogP contribution in [-0.4, -0.2) is 70.3 Å². The van der Waals surface area contributed by atoms with E-state index in [0.717, 1.165) is 12.8 Å². The largest absolute Gasteiger partial charge is 0.414 e. The van der Waals surface area contributed by atoms with Gasteiger partial charge in [0.1, 0.15) is 12.2 Å². The van der Waals surface area contributed by atoms with E-state index in [4.69, 9.17) is 23.3 Å². The van der Waals surface area contributed by atoms with Gasteiger partial charge in [0.2, 0.25) is 8.32 Å². The molecule has 3 saturated heterocycles. The van der Waals surface area contributed by atoms with Gasteiger partial charge in [-0.3, -0.25) is 4.84 Å². The summed E-state index contributed by atoms with van der Waals surface area (Å²) in [6, 6.07) is 10.7. The van der Waals surface area contributed by atoms with Gasteiger partial charge in [-0.2, -0.15) is 0 Å². The number of hydrogen-bond acceptors (Lipinski definition) is 7. The van der Waals surface area contributed by atoms with E-state index in [1.165, 1.54) is 18.4 Å². The van der Waals surface area contributed by atoms with Crippen molar-refractivity contribution < 1.29 is 28.4 Å². The summed E-state index contributed by atoms with van der Waals surface area (Å²) < 4.78 is 20.5. The van der Waals surface area contributed by atoms with E-state index in [-0.39, 0.29) is 35.4 Å². The molecule has 9 heteroatoms. The summed E-state index contributed by atoms with van der Waals surface area (Å²) in [4.78, 5) is 13.1. The van der Waals surface area contributed by atoms with Gasteiger partial charge >= 0.3 is 0 Å². The summed E-state index contributed by atoms with van der Waals surface area (Å²) in [6.45, 7) is 20.6. The molecular weight excluding hydrogens is 551 g/mol. The molecule has 0 amide bonds. The van der Waals surface area contributed by atoms with E-state index >= 15 is 0 Å². The molecular formula is C32H55NO6Si2. The van der Waals surface area contributed by atoms with Crippen LogP contribution in [0.2, 0.25) is 34.8 Å². The van der Waals surface area contributed by atoms with Crippen molar-refractivity contribution in [2.24, 2.45) is 0 Å². The average molecular weight is 606 g/mol. The quantitative estimate of drug-likeness (QED) is 0.296. The Bertz CT molecular complexity index is 1010. The molecule has 41 heavy (non-hydrogen) atoms. The van der Waals surface area contributed by atoms with E-state index in [9.17, 15) is 5.11 Å². The van der Waals surface area contributed by atoms with Crippen molar-refractivity contribution in [2.75, 3.05) is 6.61 Å². The Morgan fingerprint density at radius 2 is 1.68 bits per heavy atom. The fraction of sp³-hybridized carbons (Fsp3) is 0.812. The summed E-state index contributed by atoms with van der Waals surface area (Å²) in [6.07, 6.45) is 3.70. The van der Waals surface area contributed by atoms with E-state index < -0.39 is 35.1 Å². The third kappa shape index (κ3) is 5.92. The van der Waals surface area contributed by atoms with Gasteiger partial charge in [-0.05, 0) is 47.6 Å². The number of aliphatic hydroxyl groups is 1. The second kappa shape index (κ2) is 12.0. The van der Waals surface area contributed by atoms with Gasteiger partial charge in [0.15, 0.2) is 14.6 Å². The van der Waals surface area contributed by atoms with Crippen molar-refractivity contribution in [3.8, 4) is 0 Å². The zero-order valence-corrected chi connectivity index (χ0v) is 28.8. The number of hydrogen-bond donors (Lipinski definition) is 1. The second-order valence-corrected chi connectivity index (χ2v) is 24.8. The van der Waals surface area contributed by atoms with Crippen LogP contribution in [0.25, 0.3) is 0 Å². The van der Waals surface area contributed by atoms with E-state index in [2.05, 4.69) is 91.9 Å². The summed E-state index contributed by atoms with van der Waals surface area (Å²) >= 11 is 0. The fourth-order valence-electron chi connectivity index (χ4n) is 7.75. The molecule has 1 aromatic carbocycles. The number of rotatable bonds is 9. The van der Waals surface area contributed by atoms with Crippen molar-refractivity contribution in [2.45, 2.75) is 158 Å². The highest BCUT2D eigenvalue weighted by molar-refractivity contribution is 6.79. The summed E-state index contributed by atoms with van der Waals surface area (Å²) in [5.41, 5.74) is 2.19. The van der Waals surface area contributed by atoms with Gasteiger partial charge in [0, 0.05) is 17.9 Å². The van der Waals surface area contributed by atoms with Crippen molar-refractivity contribution >= 4 is 16.6 Å². The van der Waals surface area contributed by atoms with Crippen molar-refractivity contribution in [3.63, 3.8) is 0 Å². The number of benzene rings is 1. The van der Waals surface area contributed by atoms with Crippen LogP contribution >= 0.6 is 0 Å². The van der Waals surface area contributed by atoms with Crippen LogP contribution < -0.4 is 0 Å². The summed E-state index contributed by atoms with van der Waals surface area (Å²) in [5, 5.41) is 13.4. The molecule has 7 nitrogen and oxygen atoms in total. The number of ether oxygens (including phenoxy) is 1. The van der Waals surface area contributed by atoms with E-state index in [1.54, 1.807) is 5.23 Å². The van der Waals surface area contributed by atoms with Crippen molar-refractivity contribution in [1.82, 2.24) is 5.23 Å². The number of nitrogens with zero attached hydrogens (tertiary/aromatic N) is 1. The molecule has 0 unspecified atom stereocenters. The first-order valence-corrected chi connectivity index (χ1v) is 21.1. The topological polar surface area (TPSA) is 69.6 Å². The predicted molar refractivity (Wildman–Crippen MR) is 166 cm³/mol. The molecule has 1 saturated carbocycles. The highest BCUT2D eigenvalue weighted by Crippen LogP contribution is 2.60. The minimum atomic E-state index is -2.39. The Balaban J connectivity index is 1.37.